The number of amides is 1. The summed E-state index contributed by atoms with van der Waals surface area (Å²) in [6.07, 6.45) is 1.96. The molecular formula is C13H19N3O2S. The summed E-state index contributed by atoms with van der Waals surface area (Å²) >= 11 is 0. The summed E-state index contributed by atoms with van der Waals surface area (Å²) in [4.78, 5) is 14.8. The van der Waals surface area contributed by atoms with Crippen LogP contribution in [0.5, 0.6) is 0 Å². The zero-order valence-electron chi connectivity index (χ0n) is 11.0. The molecule has 0 spiro atoms. The predicted octanol–water partition coefficient (Wildman–Crippen LogP) is 0.948. The largest absolute Gasteiger partial charge is 0.326 e. The van der Waals surface area contributed by atoms with E-state index in [1.165, 1.54) is 0 Å². The van der Waals surface area contributed by atoms with Gasteiger partial charge in [0.05, 0.1) is 10.8 Å². The number of nitrogens with zero attached hydrogens (tertiary/aromatic N) is 1. The third-order valence-electron chi connectivity index (χ3n) is 3.33. The van der Waals surface area contributed by atoms with Crippen molar-refractivity contribution >= 4 is 22.6 Å². The van der Waals surface area contributed by atoms with Gasteiger partial charge in [-0.2, -0.15) is 0 Å². The first kappa shape index (κ1) is 14.2. The van der Waals surface area contributed by atoms with E-state index in [1.807, 2.05) is 7.05 Å². The van der Waals surface area contributed by atoms with Gasteiger partial charge < -0.3 is 10.2 Å². The molecule has 0 aromatic heterocycles. The Hall–Kier alpha value is -1.24. The van der Waals surface area contributed by atoms with E-state index in [4.69, 9.17) is 5.14 Å². The number of likely N-dealkylation sites (tertiary alicyclic amines) is 1. The summed E-state index contributed by atoms with van der Waals surface area (Å²) in [5, 5.41) is 8.20. The smallest absolute Gasteiger partial charge is 0.228 e. The van der Waals surface area contributed by atoms with Crippen LogP contribution in [0.15, 0.2) is 29.2 Å². The fraction of sp³-hybridized carbons (Fsp3) is 0.462. The average molecular weight is 281 g/mol. The Labute approximate surface area is 115 Å². The second-order valence-corrected chi connectivity index (χ2v) is 5.98. The number of rotatable bonds is 3. The highest BCUT2D eigenvalue weighted by atomic mass is 32.2. The van der Waals surface area contributed by atoms with Crippen LogP contribution < -0.4 is 10.5 Å². The summed E-state index contributed by atoms with van der Waals surface area (Å²) < 4.78 is 11.2. The van der Waals surface area contributed by atoms with Gasteiger partial charge in [-0.05, 0) is 44.6 Å². The molecule has 1 aliphatic rings. The van der Waals surface area contributed by atoms with Crippen LogP contribution in [0.1, 0.15) is 12.8 Å². The summed E-state index contributed by atoms with van der Waals surface area (Å²) in [5.41, 5.74) is 0.648. The van der Waals surface area contributed by atoms with E-state index in [0.29, 0.717) is 10.6 Å². The van der Waals surface area contributed by atoms with E-state index in [9.17, 15) is 9.00 Å². The van der Waals surface area contributed by atoms with Crippen LogP contribution >= 0.6 is 0 Å². The van der Waals surface area contributed by atoms with Gasteiger partial charge in [0.1, 0.15) is 11.0 Å². The molecule has 1 aromatic rings. The van der Waals surface area contributed by atoms with E-state index in [0.717, 1.165) is 25.9 Å². The lowest BCUT2D eigenvalue weighted by molar-refractivity contribution is -0.121. The summed E-state index contributed by atoms with van der Waals surface area (Å²) in [6.45, 7) is 1.83. The van der Waals surface area contributed by atoms with Crippen molar-refractivity contribution in [1.82, 2.24) is 4.90 Å². The molecule has 0 bridgehead atoms. The molecule has 5 nitrogen and oxygen atoms in total. The van der Waals surface area contributed by atoms with Crippen LogP contribution in [-0.4, -0.2) is 35.2 Å². The molecule has 0 radical (unpaired) electrons. The van der Waals surface area contributed by atoms with Gasteiger partial charge in [0.15, 0.2) is 0 Å². The lowest BCUT2D eigenvalue weighted by Crippen LogP contribution is -2.38. The highest BCUT2D eigenvalue weighted by Crippen LogP contribution is 2.18. The molecule has 104 valence electrons. The van der Waals surface area contributed by atoms with Gasteiger partial charge in [-0.15, -0.1) is 0 Å². The Morgan fingerprint density at radius 3 is 3.00 bits per heavy atom. The second-order valence-electron chi connectivity index (χ2n) is 4.92. The lowest BCUT2D eigenvalue weighted by Gasteiger charge is -2.28. The average Bonchev–Trinajstić information content (AvgIpc) is 2.39. The van der Waals surface area contributed by atoms with Crippen LogP contribution in [0.25, 0.3) is 0 Å². The third kappa shape index (κ3) is 3.86. The number of anilines is 1. The van der Waals surface area contributed by atoms with Crippen molar-refractivity contribution in [2.24, 2.45) is 11.1 Å². The Bertz CT molecular complexity index is 493. The first-order valence-electron chi connectivity index (χ1n) is 6.32. The highest BCUT2D eigenvalue weighted by molar-refractivity contribution is 7.82. The quantitative estimate of drug-likeness (QED) is 0.866. The predicted molar refractivity (Wildman–Crippen MR) is 75.9 cm³/mol. The topological polar surface area (TPSA) is 75.4 Å². The van der Waals surface area contributed by atoms with Crippen molar-refractivity contribution in [1.29, 1.82) is 0 Å². The fourth-order valence-corrected chi connectivity index (χ4v) is 2.78. The highest BCUT2D eigenvalue weighted by Gasteiger charge is 2.23. The van der Waals surface area contributed by atoms with Crippen molar-refractivity contribution in [2.75, 3.05) is 25.5 Å². The van der Waals surface area contributed by atoms with Crippen LogP contribution in [-0.2, 0) is 15.8 Å². The van der Waals surface area contributed by atoms with Crippen molar-refractivity contribution in [3.05, 3.63) is 24.3 Å². The maximum absolute atomic E-state index is 12.1. The molecule has 2 rings (SSSR count). The van der Waals surface area contributed by atoms with Gasteiger partial charge in [-0.25, -0.2) is 9.35 Å². The molecule has 19 heavy (non-hydrogen) atoms. The zero-order valence-corrected chi connectivity index (χ0v) is 11.8. The van der Waals surface area contributed by atoms with Crippen molar-refractivity contribution < 1.29 is 9.00 Å². The molecule has 1 heterocycles. The SMILES string of the molecule is CN1CCCC(C(=O)Nc2cccc(S(N)=O)c2)C1. The van der Waals surface area contributed by atoms with Gasteiger partial charge in [0.2, 0.25) is 5.91 Å². The second kappa shape index (κ2) is 6.27. The normalized spacial score (nSPS) is 21.9. The number of carbonyl (C=O) groups is 1. The van der Waals surface area contributed by atoms with Gasteiger partial charge in [-0.3, -0.25) is 4.79 Å². The number of benzene rings is 1. The number of hydrogen-bond acceptors (Lipinski definition) is 3. The van der Waals surface area contributed by atoms with Crippen molar-refractivity contribution in [2.45, 2.75) is 17.7 Å². The number of nitrogens with two attached hydrogens (primary N) is 1. The first-order valence-corrected chi connectivity index (χ1v) is 7.53. The molecule has 6 heteroatoms. The Morgan fingerprint density at radius 2 is 2.32 bits per heavy atom. The van der Waals surface area contributed by atoms with Gasteiger partial charge in [-0.1, -0.05) is 6.07 Å². The summed E-state index contributed by atoms with van der Waals surface area (Å²) in [6, 6.07) is 6.85. The van der Waals surface area contributed by atoms with E-state index in [-0.39, 0.29) is 11.8 Å². The van der Waals surface area contributed by atoms with Crippen molar-refractivity contribution in [3.63, 3.8) is 0 Å². The van der Waals surface area contributed by atoms with Crippen molar-refractivity contribution in [3.8, 4) is 0 Å². The Kier molecular flexibility index (Phi) is 4.68. The summed E-state index contributed by atoms with van der Waals surface area (Å²) in [7, 11) is 0.501. The van der Waals surface area contributed by atoms with Crippen LogP contribution in [0, 0.1) is 5.92 Å². The molecule has 1 fully saturated rings. The molecule has 3 N–H and O–H groups in total. The minimum absolute atomic E-state index is 0.0192. The van der Waals surface area contributed by atoms with E-state index >= 15 is 0 Å². The van der Waals surface area contributed by atoms with Crippen LogP contribution in [0.2, 0.25) is 0 Å². The number of piperidine rings is 1. The molecule has 2 unspecified atom stereocenters. The molecule has 1 amide bonds. The summed E-state index contributed by atoms with van der Waals surface area (Å²) in [5.74, 6) is 0.0392. The maximum Gasteiger partial charge on any atom is 0.228 e. The minimum Gasteiger partial charge on any atom is -0.326 e. The molecule has 1 saturated heterocycles. The minimum atomic E-state index is -1.52. The first-order chi connectivity index (χ1) is 9.06. The Morgan fingerprint density at radius 1 is 1.53 bits per heavy atom. The molecule has 1 aromatic carbocycles. The maximum atomic E-state index is 12.1. The molecule has 2 atom stereocenters. The molecular weight excluding hydrogens is 262 g/mol. The Balaban J connectivity index is 2.02. The third-order valence-corrected chi connectivity index (χ3v) is 4.05. The zero-order chi connectivity index (χ0) is 13.8. The molecule has 0 aliphatic carbocycles. The van der Waals surface area contributed by atoms with Crippen LogP contribution in [0.3, 0.4) is 0 Å². The standard InChI is InChI=1S/C13H19N3O2S/c1-16-7-3-4-10(9-16)13(17)15-11-5-2-6-12(8-11)19(14)18/h2,5-6,8,10H,3-4,7,9,14H2,1H3,(H,15,17). The van der Waals surface area contributed by atoms with Crippen LogP contribution in [0.4, 0.5) is 5.69 Å². The van der Waals surface area contributed by atoms with E-state index in [2.05, 4.69) is 10.2 Å². The van der Waals surface area contributed by atoms with E-state index in [1.54, 1.807) is 24.3 Å². The van der Waals surface area contributed by atoms with E-state index < -0.39 is 11.0 Å². The van der Waals surface area contributed by atoms with Gasteiger partial charge >= 0.3 is 0 Å². The number of carbonyl (C=O) groups excluding carboxylic acids is 1. The molecule has 1 aliphatic heterocycles. The monoisotopic (exact) mass is 281 g/mol. The number of nitrogens with one attached hydrogen (secondary N) is 1. The van der Waals surface area contributed by atoms with Gasteiger partial charge in [0.25, 0.3) is 0 Å². The van der Waals surface area contributed by atoms with Gasteiger partial charge in [0, 0.05) is 12.2 Å². The fourth-order valence-electron chi connectivity index (χ4n) is 2.32. The molecule has 0 saturated carbocycles. The number of hydrogen-bond donors (Lipinski definition) is 2. The lowest BCUT2D eigenvalue weighted by atomic mass is 9.97.